The Bertz CT molecular complexity index is 689. The highest BCUT2D eigenvalue weighted by molar-refractivity contribution is 5.97. The molecule has 22 heavy (non-hydrogen) atoms. The maximum Gasteiger partial charge on any atom is 0.375 e. The molecule has 0 atom stereocenters. The Morgan fingerprint density at radius 1 is 1.32 bits per heavy atom. The summed E-state index contributed by atoms with van der Waals surface area (Å²) < 4.78 is 15.6. The van der Waals surface area contributed by atoms with Crippen molar-refractivity contribution in [3.63, 3.8) is 0 Å². The predicted molar refractivity (Wildman–Crippen MR) is 81.1 cm³/mol. The molecule has 1 N–H and O–H groups in total. The number of carbonyl (C=O) groups is 2. The van der Waals surface area contributed by atoms with Crippen molar-refractivity contribution in [2.75, 3.05) is 20.3 Å². The number of aryl methyl sites for hydroxylation is 1. The largest absolute Gasteiger partial charge is 0.497 e. The first kappa shape index (κ1) is 15.9. The minimum Gasteiger partial charge on any atom is -0.497 e. The van der Waals surface area contributed by atoms with Gasteiger partial charge in [0.1, 0.15) is 11.3 Å². The zero-order valence-corrected chi connectivity index (χ0v) is 12.9. The number of methoxy groups -OCH3 is 1. The number of furan rings is 1. The molecule has 0 unspecified atom stereocenters. The fourth-order valence-corrected chi connectivity index (χ4v) is 2.03. The average Bonchev–Trinajstić information content (AvgIpc) is 2.87. The molecule has 6 nitrogen and oxygen atoms in total. The van der Waals surface area contributed by atoms with Crippen LogP contribution < -0.4 is 10.1 Å². The Hall–Kier alpha value is -2.50. The van der Waals surface area contributed by atoms with Gasteiger partial charge in [-0.1, -0.05) is 6.92 Å². The van der Waals surface area contributed by atoms with Gasteiger partial charge in [-0.25, -0.2) is 4.79 Å². The molecule has 0 saturated heterocycles. The first-order chi connectivity index (χ1) is 10.6. The minimum atomic E-state index is -0.653. The van der Waals surface area contributed by atoms with E-state index >= 15 is 0 Å². The van der Waals surface area contributed by atoms with Gasteiger partial charge >= 0.3 is 5.97 Å². The number of esters is 1. The molecular weight excluding hydrogens is 286 g/mol. The van der Waals surface area contributed by atoms with Gasteiger partial charge < -0.3 is 19.2 Å². The van der Waals surface area contributed by atoms with Gasteiger partial charge in [0.05, 0.1) is 7.11 Å². The number of amides is 1. The van der Waals surface area contributed by atoms with Crippen molar-refractivity contribution in [3.05, 3.63) is 29.5 Å². The number of benzene rings is 1. The van der Waals surface area contributed by atoms with E-state index in [-0.39, 0.29) is 18.3 Å². The fourth-order valence-electron chi connectivity index (χ4n) is 2.03. The molecule has 0 aliphatic heterocycles. The van der Waals surface area contributed by atoms with Crippen LogP contribution in [0.25, 0.3) is 11.0 Å². The lowest BCUT2D eigenvalue weighted by Gasteiger charge is -2.04. The fraction of sp³-hybridized carbons (Fsp3) is 0.375. The quantitative estimate of drug-likeness (QED) is 0.829. The Labute approximate surface area is 128 Å². The number of fused-ring (bicyclic) bond motifs is 1. The van der Waals surface area contributed by atoms with Gasteiger partial charge in [0.2, 0.25) is 5.76 Å². The van der Waals surface area contributed by atoms with E-state index in [1.807, 2.05) is 6.92 Å². The second-order valence-corrected chi connectivity index (χ2v) is 4.84. The third-order valence-electron chi connectivity index (χ3n) is 3.24. The van der Waals surface area contributed by atoms with Crippen molar-refractivity contribution >= 4 is 22.8 Å². The topological polar surface area (TPSA) is 77.8 Å². The molecule has 0 saturated carbocycles. The van der Waals surface area contributed by atoms with E-state index in [1.54, 1.807) is 32.2 Å². The van der Waals surface area contributed by atoms with Gasteiger partial charge in [-0.2, -0.15) is 0 Å². The summed E-state index contributed by atoms with van der Waals surface area (Å²) in [4.78, 5) is 23.5. The first-order valence-corrected chi connectivity index (χ1v) is 7.07. The summed E-state index contributed by atoms with van der Waals surface area (Å²) in [6, 6.07) is 5.27. The zero-order chi connectivity index (χ0) is 16.1. The smallest absolute Gasteiger partial charge is 0.375 e. The third-order valence-corrected chi connectivity index (χ3v) is 3.24. The first-order valence-electron chi connectivity index (χ1n) is 7.07. The maximum atomic E-state index is 12.0. The number of carbonyl (C=O) groups excluding carboxylic acids is 2. The standard InChI is InChI=1S/C16H19NO5/c1-4-7-17-14(18)9-21-16(19)15-10(2)12-8-11(20-3)5-6-13(12)22-15/h5-6,8H,4,7,9H2,1-3H3,(H,17,18). The van der Waals surface area contributed by atoms with Crippen LogP contribution in [0, 0.1) is 6.92 Å². The van der Waals surface area contributed by atoms with E-state index in [0.717, 1.165) is 11.8 Å². The molecule has 0 radical (unpaired) electrons. The Balaban J connectivity index is 2.11. The highest BCUT2D eigenvalue weighted by Crippen LogP contribution is 2.29. The van der Waals surface area contributed by atoms with Gasteiger partial charge in [0, 0.05) is 17.5 Å². The van der Waals surface area contributed by atoms with Crippen LogP contribution in [0.15, 0.2) is 22.6 Å². The van der Waals surface area contributed by atoms with Crippen molar-refractivity contribution in [1.82, 2.24) is 5.32 Å². The van der Waals surface area contributed by atoms with E-state index < -0.39 is 5.97 Å². The van der Waals surface area contributed by atoms with Crippen LogP contribution in [0.4, 0.5) is 0 Å². The molecule has 118 valence electrons. The van der Waals surface area contributed by atoms with Crippen LogP contribution in [0.3, 0.4) is 0 Å². The van der Waals surface area contributed by atoms with Gasteiger partial charge in [0.25, 0.3) is 5.91 Å². The van der Waals surface area contributed by atoms with E-state index in [2.05, 4.69) is 5.32 Å². The molecule has 2 rings (SSSR count). The highest BCUT2D eigenvalue weighted by Gasteiger charge is 2.20. The van der Waals surface area contributed by atoms with Crippen molar-refractivity contribution in [2.45, 2.75) is 20.3 Å². The van der Waals surface area contributed by atoms with Crippen LogP contribution in [-0.2, 0) is 9.53 Å². The number of hydrogen-bond donors (Lipinski definition) is 1. The van der Waals surface area contributed by atoms with Crippen LogP contribution in [-0.4, -0.2) is 32.1 Å². The van der Waals surface area contributed by atoms with Gasteiger partial charge in [-0.05, 0) is 31.5 Å². The van der Waals surface area contributed by atoms with Crippen molar-refractivity contribution in [2.24, 2.45) is 0 Å². The van der Waals surface area contributed by atoms with Crippen LogP contribution in [0.5, 0.6) is 5.75 Å². The lowest BCUT2D eigenvalue weighted by atomic mass is 10.1. The molecule has 6 heteroatoms. The molecule has 0 aliphatic rings. The highest BCUT2D eigenvalue weighted by atomic mass is 16.5. The molecule has 0 bridgehead atoms. The number of rotatable bonds is 6. The SMILES string of the molecule is CCCNC(=O)COC(=O)c1oc2ccc(OC)cc2c1C. The molecule has 1 aromatic heterocycles. The molecular formula is C16H19NO5. The third kappa shape index (κ3) is 3.39. The van der Waals surface area contributed by atoms with Crippen molar-refractivity contribution < 1.29 is 23.5 Å². The van der Waals surface area contributed by atoms with Crippen LogP contribution in [0.1, 0.15) is 29.5 Å². The summed E-state index contributed by atoms with van der Waals surface area (Å²) >= 11 is 0. The molecule has 0 spiro atoms. The van der Waals surface area contributed by atoms with Gasteiger partial charge in [0.15, 0.2) is 6.61 Å². The second kappa shape index (κ2) is 6.98. The lowest BCUT2D eigenvalue weighted by molar-refractivity contribution is -0.124. The Kier molecular flexibility index (Phi) is 5.04. The Morgan fingerprint density at radius 3 is 2.77 bits per heavy atom. The summed E-state index contributed by atoms with van der Waals surface area (Å²) in [6.45, 7) is 3.94. The van der Waals surface area contributed by atoms with E-state index in [1.165, 1.54) is 0 Å². The molecule has 1 heterocycles. The van der Waals surface area contributed by atoms with Crippen LogP contribution >= 0.6 is 0 Å². The molecule has 0 fully saturated rings. The average molecular weight is 305 g/mol. The summed E-state index contributed by atoms with van der Waals surface area (Å²) in [6.07, 6.45) is 0.824. The van der Waals surface area contributed by atoms with E-state index in [0.29, 0.717) is 23.4 Å². The van der Waals surface area contributed by atoms with Crippen LogP contribution in [0.2, 0.25) is 0 Å². The Morgan fingerprint density at radius 2 is 2.09 bits per heavy atom. The monoisotopic (exact) mass is 305 g/mol. The lowest BCUT2D eigenvalue weighted by Crippen LogP contribution is -2.29. The minimum absolute atomic E-state index is 0.103. The van der Waals surface area contributed by atoms with Crippen molar-refractivity contribution in [3.8, 4) is 5.75 Å². The summed E-state index contributed by atoms with van der Waals surface area (Å²) in [5.41, 5.74) is 1.23. The molecule has 2 aromatic rings. The summed E-state index contributed by atoms with van der Waals surface area (Å²) in [7, 11) is 1.57. The normalized spacial score (nSPS) is 10.5. The number of hydrogen-bond acceptors (Lipinski definition) is 5. The zero-order valence-electron chi connectivity index (χ0n) is 12.9. The molecule has 1 amide bonds. The number of nitrogens with one attached hydrogen (secondary N) is 1. The maximum absolute atomic E-state index is 12.0. The molecule has 0 aliphatic carbocycles. The van der Waals surface area contributed by atoms with Crippen molar-refractivity contribution in [1.29, 1.82) is 0 Å². The van der Waals surface area contributed by atoms with E-state index in [4.69, 9.17) is 13.9 Å². The molecule has 1 aromatic carbocycles. The summed E-state index contributed by atoms with van der Waals surface area (Å²) in [5.74, 6) is -0.202. The van der Waals surface area contributed by atoms with Gasteiger partial charge in [-0.3, -0.25) is 4.79 Å². The number of ether oxygens (including phenoxy) is 2. The van der Waals surface area contributed by atoms with Gasteiger partial charge in [-0.15, -0.1) is 0 Å². The second-order valence-electron chi connectivity index (χ2n) is 4.84. The predicted octanol–water partition coefficient (Wildman–Crippen LogP) is 2.43. The van der Waals surface area contributed by atoms with E-state index in [9.17, 15) is 9.59 Å². The summed E-state index contributed by atoms with van der Waals surface area (Å²) in [5, 5.41) is 3.41.